The average molecular weight is 293 g/mol. The first kappa shape index (κ1) is 14.5. The normalized spacial score (nSPS) is 18.1. The third-order valence-corrected chi connectivity index (χ3v) is 4.31. The van der Waals surface area contributed by atoms with Crippen LogP contribution in [0.5, 0.6) is 0 Å². The van der Waals surface area contributed by atoms with Gasteiger partial charge in [-0.05, 0) is 49.1 Å². The monoisotopic (exact) mass is 293 g/mol. The van der Waals surface area contributed by atoms with Crippen LogP contribution in [0, 0.1) is 19.8 Å². The van der Waals surface area contributed by atoms with E-state index in [1.807, 2.05) is 62.4 Å². The molecule has 1 aliphatic rings. The topological polar surface area (TPSA) is 37.4 Å². The summed E-state index contributed by atoms with van der Waals surface area (Å²) in [6.45, 7) is 4.01. The molecule has 112 valence electrons. The molecule has 0 unspecified atom stereocenters. The maximum Gasteiger partial charge on any atom is 0.237 e. The molecule has 3 rings (SSSR count). The zero-order valence-corrected chi connectivity index (χ0v) is 12.9. The van der Waals surface area contributed by atoms with Crippen LogP contribution in [0.25, 0.3) is 0 Å². The lowest BCUT2D eigenvalue weighted by molar-refractivity contribution is -0.122. The Kier molecular flexibility index (Phi) is 3.80. The van der Waals surface area contributed by atoms with Crippen LogP contribution < -0.4 is 4.90 Å². The minimum atomic E-state index is -0.253. The fourth-order valence-electron chi connectivity index (χ4n) is 2.89. The number of imide groups is 1. The Bertz CT molecular complexity index is 721. The smallest absolute Gasteiger partial charge is 0.237 e. The molecule has 2 aromatic carbocycles. The van der Waals surface area contributed by atoms with Gasteiger partial charge in [0.05, 0.1) is 11.6 Å². The van der Waals surface area contributed by atoms with Crippen LogP contribution in [0.4, 0.5) is 5.69 Å². The van der Waals surface area contributed by atoms with E-state index in [0.717, 1.165) is 16.7 Å². The molecule has 0 saturated carbocycles. The van der Waals surface area contributed by atoms with Gasteiger partial charge in [0, 0.05) is 6.42 Å². The molecule has 22 heavy (non-hydrogen) atoms. The number of rotatable bonds is 3. The highest BCUT2D eigenvalue weighted by atomic mass is 16.2. The second-order valence-electron chi connectivity index (χ2n) is 5.93. The first-order valence-electron chi connectivity index (χ1n) is 7.54. The molecule has 2 amide bonds. The van der Waals surface area contributed by atoms with Crippen LogP contribution in [-0.4, -0.2) is 11.8 Å². The van der Waals surface area contributed by atoms with Crippen molar-refractivity contribution in [1.82, 2.24) is 0 Å². The molecule has 0 bridgehead atoms. The van der Waals surface area contributed by atoms with E-state index < -0.39 is 0 Å². The Balaban J connectivity index is 1.83. The van der Waals surface area contributed by atoms with Crippen LogP contribution in [0.1, 0.15) is 23.1 Å². The molecule has 3 nitrogen and oxygen atoms in total. The van der Waals surface area contributed by atoms with Crippen molar-refractivity contribution in [2.75, 3.05) is 4.90 Å². The van der Waals surface area contributed by atoms with Gasteiger partial charge in [0.15, 0.2) is 0 Å². The van der Waals surface area contributed by atoms with E-state index in [1.54, 1.807) is 0 Å². The highest BCUT2D eigenvalue weighted by Crippen LogP contribution is 2.29. The standard InChI is InChI=1S/C19H19NO2/c1-13-8-9-17(10-14(13)2)20-18(21)12-16(19(20)22)11-15-6-4-3-5-7-15/h3-10,16H,11-12H2,1-2H3/t16-/m1/s1. The molecule has 1 aliphatic heterocycles. The molecular formula is C19H19NO2. The van der Waals surface area contributed by atoms with E-state index in [0.29, 0.717) is 18.5 Å². The van der Waals surface area contributed by atoms with Crippen LogP contribution in [-0.2, 0) is 16.0 Å². The van der Waals surface area contributed by atoms with Crippen LogP contribution >= 0.6 is 0 Å². The van der Waals surface area contributed by atoms with Gasteiger partial charge in [-0.1, -0.05) is 36.4 Å². The number of carbonyl (C=O) groups is 2. The lowest BCUT2D eigenvalue weighted by Crippen LogP contribution is -2.30. The van der Waals surface area contributed by atoms with Gasteiger partial charge >= 0.3 is 0 Å². The molecule has 0 radical (unpaired) electrons. The minimum Gasteiger partial charge on any atom is -0.274 e. The number of hydrogen-bond donors (Lipinski definition) is 0. The van der Waals surface area contributed by atoms with Gasteiger partial charge in [0.2, 0.25) is 11.8 Å². The molecule has 0 spiro atoms. The number of benzene rings is 2. The fraction of sp³-hybridized carbons (Fsp3) is 0.263. The highest BCUT2D eigenvalue weighted by Gasteiger charge is 2.39. The van der Waals surface area contributed by atoms with Crippen molar-refractivity contribution in [3.8, 4) is 0 Å². The average Bonchev–Trinajstić information content (AvgIpc) is 2.78. The lowest BCUT2D eigenvalue weighted by atomic mass is 9.98. The van der Waals surface area contributed by atoms with E-state index in [2.05, 4.69) is 0 Å². The van der Waals surface area contributed by atoms with Gasteiger partial charge in [0.25, 0.3) is 0 Å². The quantitative estimate of drug-likeness (QED) is 0.813. The predicted molar refractivity (Wildman–Crippen MR) is 86.7 cm³/mol. The third-order valence-electron chi connectivity index (χ3n) is 4.31. The predicted octanol–water partition coefficient (Wildman–Crippen LogP) is 3.43. The Labute approximate surface area is 130 Å². The van der Waals surface area contributed by atoms with Crippen molar-refractivity contribution < 1.29 is 9.59 Å². The molecule has 1 atom stereocenters. The molecule has 1 fully saturated rings. The van der Waals surface area contributed by atoms with Gasteiger partial charge in [-0.25, -0.2) is 0 Å². The summed E-state index contributed by atoms with van der Waals surface area (Å²) in [5.74, 6) is -0.442. The Morgan fingerprint density at radius 1 is 1.00 bits per heavy atom. The zero-order chi connectivity index (χ0) is 15.7. The molecule has 0 aromatic heterocycles. The SMILES string of the molecule is Cc1ccc(N2C(=O)C[C@@H](Cc3ccccc3)C2=O)cc1C. The summed E-state index contributed by atoms with van der Waals surface area (Å²) >= 11 is 0. The van der Waals surface area contributed by atoms with E-state index in [-0.39, 0.29) is 17.7 Å². The summed E-state index contributed by atoms with van der Waals surface area (Å²) in [5.41, 5.74) is 4.03. The molecular weight excluding hydrogens is 274 g/mol. The molecule has 0 aliphatic carbocycles. The van der Waals surface area contributed by atoms with E-state index in [1.165, 1.54) is 4.90 Å². The summed E-state index contributed by atoms with van der Waals surface area (Å²) in [7, 11) is 0. The summed E-state index contributed by atoms with van der Waals surface area (Å²) in [4.78, 5) is 26.3. The van der Waals surface area contributed by atoms with Gasteiger partial charge in [-0.2, -0.15) is 0 Å². The van der Waals surface area contributed by atoms with E-state index >= 15 is 0 Å². The van der Waals surface area contributed by atoms with E-state index in [9.17, 15) is 9.59 Å². The maximum atomic E-state index is 12.6. The summed E-state index contributed by atoms with van der Waals surface area (Å²) in [5, 5.41) is 0. The highest BCUT2D eigenvalue weighted by molar-refractivity contribution is 6.21. The molecule has 0 N–H and O–H groups in total. The molecule has 1 heterocycles. The van der Waals surface area contributed by atoms with Crippen LogP contribution in [0.2, 0.25) is 0 Å². The largest absolute Gasteiger partial charge is 0.274 e. The van der Waals surface area contributed by atoms with Crippen molar-refractivity contribution in [1.29, 1.82) is 0 Å². The van der Waals surface area contributed by atoms with Gasteiger partial charge in [-0.3, -0.25) is 14.5 Å². The Morgan fingerprint density at radius 3 is 2.41 bits per heavy atom. The summed E-state index contributed by atoms with van der Waals surface area (Å²) in [6.07, 6.45) is 0.910. The third kappa shape index (κ3) is 2.67. The van der Waals surface area contributed by atoms with Crippen molar-refractivity contribution in [3.63, 3.8) is 0 Å². The van der Waals surface area contributed by atoms with Gasteiger partial charge < -0.3 is 0 Å². The lowest BCUT2D eigenvalue weighted by Gasteiger charge is -2.16. The number of amides is 2. The Hall–Kier alpha value is -2.42. The maximum absolute atomic E-state index is 12.6. The van der Waals surface area contributed by atoms with Crippen molar-refractivity contribution >= 4 is 17.5 Å². The number of nitrogens with zero attached hydrogens (tertiary/aromatic N) is 1. The first-order chi connectivity index (χ1) is 10.6. The van der Waals surface area contributed by atoms with E-state index in [4.69, 9.17) is 0 Å². The Morgan fingerprint density at radius 2 is 1.73 bits per heavy atom. The number of hydrogen-bond acceptors (Lipinski definition) is 2. The molecule has 1 saturated heterocycles. The summed E-state index contributed by atoms with van der Waals surface area (Å²) in [6, 6.07) is 15.6. The van der Waals surface area contributed by atoms with Gasteiger partial charge in [-0.15, -0.1) is 0 Å². The number of anilines is 1. The minimum absolute atomic E-state index is 0.0860. The number of aryl methyl sites for hydroxylation is 2. The van der Waals surface area contributed by atoms with Crippen molar-refractivity contribution in [2.24, 2.45) is 5.92 Å². The fourth-order valence-corrected chi connectivity index (χ4v) is 2.89. The molecule has 3 heteroatoms. The second-order valence-corrected chi connectivity index (χ2v) is 5.93. The zero-order valence-electron chi connectivity index (χ0n) is 12.9. The number of carbonyl (C=O) groups excluding carboxylic acids is 2. The molecule has 2 aromatic rings. The van der Waals surface area contributed by atoms with Crippen molar-refractivity contribution in [3.05, 3.63) is 65.2 Å². The van der Waals surface area contributed by atoms with Gasteiger partial charge in [0.1, 0.15) is 0 Å². The van der Waals surface area contributed by atoms with Crippen LogP contribution in [0.15, 0.2) is 48.5 Å². The van der Waals surface area contributed by atoms with Crippen LogP contribution in [0.3, 0.4) is 0 Å². The van der Waals surface area contributed by atoms with Crippen molar-refractivity contribution in [2.45, 2.75) is 26.7 Å². The first-order valence-corrected chi connectivity index (χ1v) is 7.54. The second kappa shape index (κ2) is 5.76. The summed E-state index contributed by atoms with van der Waals surface area (Å²) < 4.78 is 0.